The smallest absolute Gasteiger partial charge is 0.410 e. The fraction of sp³-hybridized carbons (Fsp3) is 0.571. The highest BCUT2D eigenvalue weighted by Crippen LogP contribution is 2.20. The van der Waals surface area contributed by atoms with Gasteiger partial charge in [-0.1, -0.05) is 0 Å². The van der Waals surface area contributed by atoms with Crippen LogP contribution in [0.15, 0.2) is 10.9 Å². The molecule has 5 heteroatoms. The number of amides is 1. The monoisotopic (exact) mass is 264 g/mol. The summed E-state index contributed by atoms with van der Waals surface area (Å²) < 4.78 is 5.35. The Morgan fingerprint density at radius 3 is 2.74 bits per heavy atom. The summed E-state index contributed by atoms with van der Waals surface area (Å²) in [4.78, 5) is 27.9. The molecule has 1 aromatic rings. The van der Waals surface area contributed by atoms with Crippen molar-refractivity contribution in [2.45, 2.75) is 46.3 Å². The van der Waals surface area contributed by atoms with Crippen LogP contribution in [-0.2, 0) is 17.7 Å². The number of hydrogen-bond acceptors (Lipinski definition) is 3. The van der Waals surface area contributed by atoms with Crippen LogP contribution in [0, 0.1) is 6.92 Å². The van der Waals surface area contributed by atoms with Crippen molar-refractivity contribution in [2.24, 2.45) is 0 Å². The van der Waals surface area contributed by atoms with Crippen molar-refractivity contribution in [3.8, 4) is 0 Å². The van der Waals surface area contributed by atoms with E-state index in [1.54, 1.807) is 11.0 Å². The van der Waals surface area contributed by atoms with Gasteiger partial charge in [0.1, 0.15) is 5.60 Å². The van der Waals surface area contributed by atoms with Gasteiger partial charge in [0.15, 0.2) is 0 Å². The first-order chi connectivity index (χ1) is 8.76. The van der Waals surface area contributed by atoms with Gasteiger partial charge in [-0.25, -0.2) is 4.79 Å². The number of fused-ring (bicyclic) bond motifs is 1. The molecular weight excluding hydrogens is 244 g/mol. The number of aromatic nitrogens is 1. The van der Waals surface area contributed by atoms with Gasteiger partial charge in [0, 0.05) is 18.3 Å². The molecule has 0 fully saturated rings. The fourth-order valence-electron chi connectivity index (χ4n) is 2.26. The van der Waals surface area contributed by atoms with Gasteiger partial charge in [-0.15, -0.1) is 0 Å². The highest BCUT2D eigenvalue weighted by molar-refractivity contribution is 5.68. The standard InChI is InChI=1S/C14H20N2O3/c1-9-7-12(17)15-11-8-16(6-5-10(9)11)13(18)19-14(2,3)4/h7H,5-6,8H2,1-4H3,(H,15,17). The third-order valence-electron chi connectivity index (χ3n) is 3.09. The van der Waals surface area contributed by atoms with E-state index in [0.717, 1.165) is 23.2 Å². The molecule has 0 spiro atoms. The lowest BCUT2D eigenvalue weighted by Gasteiger charge is -2.31. The zero-order valence-corrected chi connectivity index (χ0v) is 11.9. The molecule has 2 heterocycles. The maximum atomic E-state index is 12.0. The van der Waals surface area contributed by atoms with Crippen molar-refractivity contribution in [3.63, 3.8) is 0 Å². The van der Waals surface area contributed by atoms with Gasteiger partial charge in [-0.2, -0.15) is 0 Å². The normalized spacial score (nSPS) is 15.1. The highest BCUT2D eigenvalue weighted by Gasteiger charge is 2.26. The lowest BCUT2D eigenvalue weighted by Crippen LogP contribution is -2.41. The van der Waals surface area contributed by atoms with E-state index < -0.39 is 5.60 Å². The summed E-state index contributed by atoms with van der Waals surface area (Å²) in [5.41, 5.74) is 2.32. The summed E-state index contributed by atoms with van der Waals surface area (Å²) >= 11 is 0. The average Bonchev–Trinajstić information content (AvgIpc) is 2.25. The van der Waals surface area contributed by atoms with Crippen molar-refractivity contribution in [1.82, 2.24) is 9.88 Å². The number of nitrogens with one attached hydrogen (secondary N) is 1. The largest absolute Gasteiger partial charge is 0.444 e. The third kappa shape index (κ3) is 3.16. The van der Waals surface area contributed by atoms with Gasteiger partial charge in [0.2, 0.25) is 5.56 Å². The third-order valence-corrected chi connectivity index (χ3v) is 3.09. The van der Waals surface area contributed by atoms with Gasteiger partial charge in [0.05, 0.1) is 6.54 Å². The zero-order valence-electron chi connectivity index (χ0n) is 11.9. The fourth-order valence-corrected chi connectivity index (χ4v) is 2.26. The van der Waals surface area contributed by atoms with Gasteiger partial charge in [-0.3, -0.25) is 4.79 Å². The van der Waals surface area contributed by atoms with Crippen LogP contribution in [0.25, 0.3) is 0 Å². The molecule has 0 aromatic carbocycles. The Hall–Kier alpha value is -1.78. The van der Waals surface area contributed by atoms with Crippen LogP contribution in [0.5, 0.6) is 0 Å². The molecule has 5 nitrogen and oxygen atoms in total. The van der Waals surface area contributed by atoms with E-state index in [0.29, 0.717) is 13.1 Å². The second-order valence-corrected chi connectivity index (χ2v) is 5.93. The number of aryl methyl sites for hydroxylation is 1. The number of nitrogens with zero attached hydrogens (tertiary/aromatic N) is 1. The van der Waals surface area contributed by atoms with Crippen LogP contribution in [0.3, 0.4) is 0 Å². The molecule has 0 radical (unpaired) electrons. The number of rotatable bonds is 0. The summed E-state index contributed by atoms with van der Waals surface area (Å²) in [6.45, 7) is 8.48. The van der Waals surface area contributed by atoms with E-state index in [1.165, 1.54) is 0 Å². The van der Waals surface area contributed by atoms with Crippen molar-refractivity contribution in [2.75, 3.05) is 6.54 Å². The molecule has 0 aliphatic carbocycles. The second-order valence-electron chi connectivity index (χ2n) is 5.93. The first-order valence-electron chi connectivity index (χ1n) is 6.46. The Morgan fingerprint density at radius 1 is 1.42 bits per heavy atom. The summed E-state index contributed by atoms with van der Waals surface area (Å²) in [5, 5.41) is 0. The van der Waals surface area contributed by atoms with Crippen molar-refractivity contribution >= 4 is 6.09 Å². The van der Waals surface area contributed by atoms with Crippen LogP contribution in [-0.4, -0.2) is 28.1 Å². The molecule has 1 aliphatic heterocycles. The topological polar surface area (TPSA) is 62.4 Å². The van der Waals surface area contributed by atoms with Crippen LogP contribution in [0.4, 0.5) is 4.79 Å². The summed E-state index contributed by atoms with van der Waals surface area (Å²) in [5.74, 6) is 0. The Kier molecular flexibility index (Phi) is 3.39. The van der Waals surface area contributed by atoms with E-state index in [2.05, 4.69) is 4.98 Å². The molecule has 1 amide bonds. The first kappa shape index (κ1) is 13.6. The molecule has 19 heavy (non-hydrogen) atoms. The van der Waals surface area contributed by atoms with Gasteiger partial charge in [-0.05, 0) is 45.2 Å². The molecule has 0 saturated heterocycles. The minimum atomic E-state index is -0.503. The number of hydrogen-bond donors (Lipinski definition) is 1. The Bertz CT molecular complexity index is 555. The lowest BCUT2D eigenvalue weighted by molar-refractivity contribution is 0.0220. The number of aromatic amines is 1. The van der Waals surface area contributed by atoms with Crippen molar-refractivity contribution < 1.29 is 9.53 Å². The highest BCUT2D eigenvalue weighted by atomic mass is 16.6. The van der Waals surface area contributed by atoms with E-state index in [9.17, 15) is 9.59 Å². The van der Waals surface area contributed by atoms with E-state index in [-0.39, 0.29) is 11.7 Å². The van der Waals surface area contributed by atoms with Crippen LogP contribution >= 0.6 is 0 Å². The van der Waals surface area contributed by atoms with Gasteiger partial charge < -0.3 is 14.6 Å². The van der Waals surface area contributed by atoms with E-state index >= 15 is 0 Å². The molecular formula is C14H20N2O3. The van der Waals surface area contributed by atoms with E-state index in [1.807, 2.05) is 27.7 Å². The van der Waals surface area contributed by atoms with Crippen LogP contribution in [0.1, 0.15) is 37.6 Å². The van der Waals surface area contributed by atoms with Crippen molar-refractivity contribution in [1.29, 1.82) is 0 Å². The minimum Gasteiger partial charge on any atom is -0.444 e. The maximum absolute atomic E-state index is 12.0. The molecule has 2 rings (SSSR count). The molecule has 104 valence electrons. The Balaban J connectivity index is 2.18. The Labute approximate surface area is 112 Å². The minimum absolute atomic E-state index is 0.123. The van der Waals surface area contributed by atoms with Crippen LogP contribution < -0.4 is 5.56 Å². The zero-order chi connectivity index (χ0) is 14.2. The van der Waals surface area contributed by atoms with Crippen molar-refractivity contribution in [3.05, 3.63) is 33.2 Å². The molecule has 0 atom stereocenters. The summed E-state index contributed by atoms with van der Waals surface area (Å²) in [6, 6.07) is 1.60. The number of H-pyrrole nitrogens is 1. The number of carbonyl (C=O) groups is 1. The molecule has 0 saturated carbocycles. The van der Waals surface area contributed by atoms with Gasteiger partial charge >= 0.3 is 6.09 Å². The Morgan fingerprint density at radius 2 is 2.11 bits per heavy atom. The number of ether oxygens (including phenoxy) is 1. The molecule has 1 aromatic heterocycles. The second kappa shape index (κ2) is 4.72. The maximum Gasteiger partial charge on any atom is 0.410 e. The SMILES string of the molecule is Cc1cc(=O)[nH]c2c1CCN(C(=O)OC(C)(C)C)C2. The number of carbonyl (C=O) groups excluding carboxylic acids is 1. The van der Waals surface area contributed by atoms with Crippen LogP contribution in [0.2, 0.25) is 0 Å². The quantitative estimate of drug-likeness (QED) is 0.779. The molecule has 0 bridgehead atoms. The lowest BCUT2D eigenvalue weighted by atomic mass is 10.0. The van der Waals surface area contributed by atoms with E-state index in [4.69, 9.17) is 4.74 Å². The predicted molar refractivity (Wildman–Crippen MR) is 72.1 cm³/mol. The summed E-state index contributed by atoms with van der Waals surface area (Å²) in [6.07, 6.45) is 0.414. The molecule has 1 aliphatic rings. The van der Waals surface area contributed by atoms with Gasteiger partial charge in [0.25, 0.3) is 0 Å². The predicted octanol–water partition coefficient (Wildman–Crippen LogP) is 1.98. The average molecular weight is 264 g/mol. The summed E-state index contributed by atoms with van der Waals surface area (Å²) in [7, 11) is 0. The first-order valence-corrected chi connectivity index (χ1v) is 6.46. The molecule has 1 N–H and O–H groups in total. The molecule has 0 unspecified atom stereocenters. The number of pyridine rings is 1.